The molecular weight excluding hydrogens is 723 g/mol. The smallest absolute Gasteiger partial charge is 0.249 e. The summed E-state index contributed by atoms with van der Waals surface area (Å²) in [4.78, 5) is 13.0. The molecule has 0 aliphatic carbocycles. The Morgan fingerprint density at radius 2 is 1.04 bits per heavy atom. The Balaban J connectivity index is 2.47. The minimum absolute atomic E-state index is 0.292. The second-order valence-electron chi connectivity index (χ2n) is 16.0. The molecule has 332 valence electrons. The average Bonchev–Trinajstić information content (AvgIpc) is 3.21. The maximum absolute atomic E-state index is 13.0. The van der Waals surface area contributed by atoms with Gasteiger partial charge in [-0.15, -0.1) is 0 Å². The average molecular weight is 808 g/mol. The highest BCUT2D eigenvalue weighted by Crippen LogP contribution is 2.22. The topological polar surface area (TPSA) is 169 Å². The van der Waals surface area contributed by atoms with Crippen LogP contribution in [0, 0.1) is 0 Å². The van der Waals surface area contributed by atoms with Crippen molar-refractivity contribution in [1.29, 1.82) is 0 Å². The van der Waals surface area contributed by atoms with E-state index in [0.29, 0.717) is 19.3 Å². The fourth-order valence-electron chi connectivity index (χ4n) is 6.89. The second-order valence-corrected chi connectivity index (χ2v) is 16.0. The monoisotopic (exact) mass is 808 g/mol. The lowest BCUT2D eigenvalue weighted by Crippen LogP contribution is -2.60. The molecule has 1 saturated heterocycles. The zero-order chi connectivity index (χ0) is 41.8. The number of nitrogens with one attached hydrogen (secondary N) is 1. The number of carbonyl (C=O) groups excluding carboxylic acids is 1. The first-order chi connectivity index (χ1) is 27.8. The van der Waals surface area contributed by atoms with Gasteiger partial charge in [-0.05, 0) is 70.6 Å². The molecule has 0 radical (unpaired) electrons. The van der Waals surface area contributed by atoms with Gasteiger partial charge in [-0.1, -0.05) is 159 Å². The first-order valence-corrected chi connectivity index (χ1v) is 23.0. The van der Waals surface area contributed by atoms with E-state index in [1.165, 1.54) is 96.3 Å². The van der Waals surface area contributed by atoms with Crippen LogP contribution in [0.4, 0.5) is 0 Å². The van der Waals surface area contributed by atoms with E-state index in [4.69, 9.17) is 9.47 Å². The summed E-state index contributed by atoms with van der Waals surface area (Å²) in [6.07, 6.45) is 36.2. The Kier molecular flexibility index (Phi) is 34.6. The highest BCUT2D eigenvalue weighted by molar-refractivity contribution is 5.80. The van der Waals surface area contributed by atoms with Crippen molar-refractivity contribution in [3.05, 3.63) is 48.6 Å². The molecule has 57 heavy (non-hydrogen) atoms. The zero-order valence-electron chi connectivity index (χ0n) is 35.9. The van der Waals surface area contributed by atoms with Gasteiger partial charge < -0.3 is 45.4 Å². The molecule has 0 aromatic heterocycles. The van der Waals surface area contributed by atoms with Gasteiger partial charge in [0.25, 0.3) is 0 Å². The number of rotatable bonds is 37. The Bertz CT molecular complexity index is 1050. The third-order valence-electron chi connectivity index (χ3n) is 10.7. The van der Waals surface area contributed by atoms with Crippen molar-refractivity contribution in [2.24, 2.45) is 0 Å². The summed E-state index contributed by atoms with van der Waals surface area (Å²) in [5.41, 5.74) is 0. The highest BCUT2D eigenvalue weighted by atomic mass is 16.7. The van der Waals surface area contributed by atoms with E-state index < -0.39 is 61.5 Å². The van der Waals surface area contributed by atoms with E-state index in [-0.39, 0.29) is 6.61 Å². The van der Waals surface area contributed by atoms with E-state index in [0.717, 1.165) is 51.4 Å². The molecule has 1 fully saturated rings. The fraction of sp³-hybridized carbons (Fsp3) is 0.809. The minimum atomic E-state index is -1.62. The lowest BCUT2D eigenvalue weighted by Gasteiger charge is -2.40. The molecule has 1 aliphatic heterocycles. The number of carbonyl (C=O) groups is 1. The third-order valence-corrected chi connectivity index (χ3v) is 10.7. The Labute approximate surface area is 346 Å². The van der Waals surface area contributed by atoms with Crippen molar-refractivity contribution in [2.75, 3.05) is 13.2 Å². The molecule has 1 aliphatic rings. The number of hydrogen-bond donors (Lipinski definition) is 7. The van der Waals surface area contributed by atoms with Crippen LogP contribution in [0.5, 0.6) is 0 Å². The number of allylic oxidation sites excluding steroid dienone is 7. The van der Waals surface area contributed by atoms with Gasteiger partial charge in [0.2, 0.25) is 5.91 Å². The number of hydrogen-bond acceptors (Lipinski definition) is 9. The van der Waals surface area contributed by atoms with Crippen molar-refractivity contribution >= 4 is 5.91 Å². The zero-order valence-corrected chi connectivity index (χ0v) is 35.9. The van der Waals surface area contributed by atoms with Crippen LogP contribution in [0.15, 0.2) is 48.6 Å². The maximum Gasteiger partial charge on any atom is 0.249 e. The van der Waals surface area contributed by atoms with Crippen molar-refractivity contribution in [1.82, 2.24) is 5.32 Å². The SMILES string of the molecule is CCCCCCCC/C=C\CCCCCCCCC(O)C(=O)NC(COC1OC(CO)C(O)C(O)C1O)C(O)/C=C/CC/C=C/CC/C=C/CCCCCCCC. The molecule has 10 heteroatoms. The van der Waals surface area contributed by atoms with Gasteiger partial charge >= 0.3 is 0 Å². The largest absolute Gasteiger partial charge is 0.394 e. The number of ether oxygens (including phenoxy) is 2. The molecular formula is C47H85NO9. The van der Waals surface area contributed by atoms with Gasteiger partial charge in [-0.25, -0.2) is 0 Å². The highest BCUT2D eigenvalue weighted by Gasteiger charge is 2.44. The van der Waals surface area contributed by atoms with Gasteiger partial charge in [0.05, 0.1) is 25.4 Å². The molecule has 7 N–H and O–H groups in total. The molecule has 0 aromatic carbocycles. The van der Waals surface area contributed by atoms with Gasteiger partial charge in [0.1, 0.15) is 30.5 Å². The summed E-state index contributed by atoms with van der Waals surface area (Å²) in [5, 5.41) is 64.6. The van der Waals surface area contributed by atoms with Crippen LogP contribution < -0.4 is 5.32 Å². The normalized spacial score (nSPS) is 22.0. The summed E-state index contributed by atoms with van der Waals surface area (Å²) in [6, 6.07) is -1.01. The molecule has 1 amide bonds. The molecule has 1 rings (SSSR count). The van der Waals surface area contributed by atoms with Crippen LogP contribution >= 0.6 is 0 Å². The van der Waals surface area contributed by atoms with Crippen LogP contribution in [0.1, 0.15) is 181 Å². The van der Waals surface area contributed by atoms with Crippen LogP contribution in [0.3, 0.4) is 0 Å². The molecule has 8 atom stereocenters. The van der Waals surface area contributed by atoms with E-state index >= 15 is 0 Å². The summed E-state index contributed by atoms with van der Waals surface area (Å²) < 4.78 is 11.1. The molecule has 8 unspecified atom stereocenters. The van der Waals surface area contributed by atoms with Crippen molar-refractivity contribution in [3.8, 4) is 0 Å². The summed E-state index contributed by atoms with van der Waals surface area (Å²) in [7, 11) is 0. The maximum atomic E-state index is 13.0. The summed E-state index contributed by atoms with van der Waals surface area (Å²) in [5.74, 6) is -0.637. The Morgan fingerprint density at radius 1 is 0.596 bits per heavy atom. The van der Waals surface area contributed by atoms with Gasteiger partial charge in [0, 0.05) is 0 Å². The molecule has 0 bridgehead atoms. The number of aliphatic hydroxyl groups excluding tert-OH is 6. The summed E-state index contributed by atoms with van der Waals surface area (Å²) >= 11 is 0. The van der Waals surface area contributed by atoms with Crippen molar-refractivity contribution < 1.29 is 44.9 Å². The standard InChI is InChI=1S/C47H85NO9/c1-3-5-7-9-11-13-15-17-19-21-23-25-27-29-31-33-35-40(50)39(38-56-47-45(54)44(53)43(52)42(37-49)57-47)48-46(55)41(51)36-34-32-30-28-26-24-22-20-18-16-14-12-10-8-6-4-2/h17-20,25,27,33,35,39-45,47,49-54H,3-16,21-24,26,28-32,34,36-38H2,1-2H3,(H,48,55)/b19-17+,20-18-,27-25+,35-33+. The van der Waals surface area contributed by atoms with Crippen LogP contribution in [0.2, 0.25) is 0 Å². The molecule has 10 nitrogen and oxygen atoms in total. The third kappa shape index (κ3) is 27.5. The van der Waals surface area contributed by atoms with Crippen molar-refractivity contribution in [2.45, 2.75) is 230 Å². The van der Waals surface area contributed by atoms with Crippen molar-refractivity contribution in [3.63, 3.8) is 0 Å². The van der Waals surface area contributed by atoms with E-state index in [1.807, 2.05) is 6.08 Å². The molecule has 0 spiro atoms. The predicted molar refractivity (Wildman–Crippen MR) is 232 cm³/mol. The van der Waals surface area contributed by atoms with Gasteiger partial charge in [0.15, 0.2) is 6.29 Å². The summed E-state index contributed by atoms with van der Waals surface area (Å²) in [6.45, 7) is 3.55. The minimum Gasteiger partial charge on any atom is -0.394 e. The van der Waals surface area contributed by atoms with Gasteiger partial charge in [-0.3, -0.25) is 4.79 Å². The predicted octanol–water partition coefficient (Wildman–Crippen LogP) is 8.42. The lowest BCUT2D eigenvalue weighted by molar-refractivity contribution is -0.302. The Morgan fingerprint density at radius 3 is 1.53 bits per heavy atom. The Hall–Kier alpha value is -1.89. The van der Waals surface area contributed by atoms with Gasteiger partial charge in [-0.2, -0.15) is 0 Å². The quantitative estimate of drug-likeness (QED) is 0.0241. The molecule has 1 heterocycles. The molecule has 0 saturated carbocycles. The number of aliphatic hydroxyl groups is 6. The van der Waals surface area contributed by atoms with Crippen LogP contribution in [-0.4, -0.2) is 98.7 Å². The number of unbranched alkanes of at least 4 members (excludes halogenated alkanes) is 20. The van der Waals surface area contributed by atoms with E-state index in [9.17, 15) is 35.4 Å². The van der Waals surface area contributed by atoms with Crippen LogP contribution in [0.25, 0.3) is 0 Å². The fourth-order valence-corrected chi connectivity index (χ4v) is 6.89. The van der Waals surface area contributed by atoms with Crippen LogP contribution in [-0.2, 0) is 14.3 Å². The first kappa shape index (κ1) is 53.1. The lowest BCUT2D eigenvalue weighted by atomic mass is 9.99. The number of amides is 1. The van der Waals surface area contributed by atoms with E-state index in [1.54, 1.807) is 6.08 Å². The molecule has 0 aromatic rings. The van der Waals surface area contributed by atoms with E-state index in [2.05, 4.69) is 55.6 Å². The second kappa shape index (κ2) is 37.1. The first-order valence-electron chi connectivity index (χ1n) is 23.0.